The molecule has 4 heterocycles. The van der Waals surface area contributed by atoms with E-state index in [9.17, 15) is 71.2 Å². The van der Waals surface area contributed by atoms with Gasteiger partial charge in [0.05, 0.1) is 26.4 Å². The van der Waals surface area contributed by atoms with E-state index in [1.165, 1.54) is 44.9 Å². The third kappa shape index (κ3) is 15.7. The van der Waals surface area contributed by atoms with Crippen LogP contribution in [0.2, 0.25) is 0 Å². The number of carbonyl (C=O) groups is 1. The predicted octanol–water partition coefficient (Wildman–Crippen LogP) is -6.80. The number of aliphatic hydroxyl groups is 16. The lowest BCUT2D eigenvalue weighted by Crippen LogP contribution is -2.64. The first kappa shape index (κ1) is 54.7. The highest BCUT2D eigenvalue weighted by Crippen LogP contribution is 2.30. The Morgan fingerprint density at radius 2 is 0.767 bits per heavy atom. The van der Waals surface area contributed by atoms with Crippen LogP contribution in [0, 0.1) is 0 Å². The summed E-state index contributed by atoms with van der Waals surface area (Å²) in [6.07, 6.45) is -19.7. The highest BCUT2D eigenvalue weighted by atomic mass is 16.8. The molecule has 0 spiro atoms. The molecule has 17 N–H and O–H groups in total. The number of hydrogen-bond acceptors (Lipinski definition) is 23. The van der Waals surface area contributed by atoms with Crippen LogP contribution in [0.4, 0.5) is 0 Å². The van der Waals surface area contributed by atoms with Crippen molar-refractivity contribution in [3.63, 3.8) is 0 Å². The molecule has 0 unspecified atom stereocenters. The first-order valence-electron chi connectivity index (χ1n) is 20.1. The second kappa shape index (κ2) is 27.7. The van der Waals surface area contributed by atoms with Crippen LogP contribution >= 0.6 is 0 Å². The Bertz CT molecular complexity index is 1120. The monoisotopic (exact) mass is 884 g/mol. The van der Waals surface area contributed by atoms with Gasteiger partial charge in [0.2, 0.25) is 0 Å². The van der Waals surface area contributed by atoms with Crippen LogP contribution in [0.1, 0.15) is 71.1 Å². The van der Waals surface area contributed by atoms with Crippen molar-refractivity contribution in [1.82, 2.24) is 0 Å². The third-order valence-electron chi connectivity index (χ3n) is 10.4. The maximum Gasteiger partial charge on any atom is 0.303 e. The van der Waals surface area contributed by atoms with Gasteiger partial charge in [-0.05, 0) is 6.42 Å². The van der Waals surface area contributed by atoms with Gasteiger partial charge in [-0.3, -0.25) is 4.79 Å². The van der Waals surface area contributed by atoms with Crippen molar-refractivity contribution in [3.05, 3.63) is 0 Å². The average Bonchev–Trinajstić information content (AvgIpc) is 3.23. The lowest BCUT2D eigenvalue weighted by molar-refractivity contribution is -0.376. The molecule has 356 valence electrons. The smallest absolute Gasteiger partial charge is 0.303 e. The Morgan fingerprint density at radius 3 is 1.12 bits per heavy atom. The molecule has 4 aliphatic rings. The summed E-state index contributed by atoms with van der Waals surface area (Å²) in [4.78, 5) is 10.2. The van der Waals surface area contributed by atoms with Crippen LogP contribution in [-0.2, 0) is 33.2 Å². The lowest BCUT2D eigenvalue weighted by atomic mass is 9.97. The minimum atomic E-state index is -1.74. The van der Waals surface area contributed by atoms with E-state index in [4.69, 9.17) is 48.8 Å². The van der Waals surface area contributed by atoms with E-state index in [0.29, 0.717) is 6.42 Å². The van der Waals surface area contributed by atoms with Gasteiger partial charge in [0, 0.05) is 6.42 Å². The molecule has 20 atom stereocenters. The normalized spacial score (nSPS) is 42.0. The summed E-state index contributed by atoms with van der Waals surface area (Å²) in [6, 6.07) is 0. The number of rotatable bonds is 18. The highest BCUT2D eigenvalue weighted by Gasteiger charge is 2.51. The van der Waals surface area contributed by atoms with Gasteiger partial charge in [-0.25, -0.2) is 0 Å². The minimum absolute atomic E-state index is 0.343. The van der Waals surface area contributed by atoms with Gasteiger partial charge in [0.1, 0.15) is 97.7 Å². The Morgan fingerprint density at radius 1 is 0.417 bits per heavy atom. The zero-order valence-corrected chi connectivity index (χ0v) is 33.4. The lowest BCUT2D eigenvalue weighted by Gasteiger charge is -2.45. The van der Waals surface area contributed by atoms with E-state index < -0.39 is 155 Å². The van der Waals surface area contributed by atoms with Crippen molar-refractivity contribution >= 4 is 5.97 Å². The molecule has 0 aromatic rings. The fourth-order valence-electron chi connectivity index (χ4n) is 6.65. The molecule has 4 fully saturated rings. The SMILES string of the molecule is CCCCCCCCCCCC(=O)O.OC[C@H]1O[C@@H](O[C@H]2[C@H](O)[C@@H](O)[C@H](O)O[C@@H]2CO)[C@H](O)[C@@H](O)[C@H]1O.OC[C@H]1O[C@H](O[C@H]2O[C@H](CO)[C@@H](O)[C@H](O)[C@H]2O)[C@H](O)[C@@H](O)[C@@H]1O. The number of carboxylic acids is 1. The maximum absolute atomic E-state index is 10.2. The van der Waals surface area contributed by atoms with Gasteiger partial charge in [-0.15, -0.1) is 0 Å². The molecule has 0 radical (unpaired) electrons. The molecule has 0 saturated carbocycles. The molecule has 24 heteroatoms. The minimum Gasteiger partial charge on any atom is -0.481 e. The molecule has 0 amide bonds. The van der Waals surface area contributed by atoms with Gasteiger partial charge < -0.3 is 115 Å². The Kier molecular flexibility index (Phi) is 25.3. The molecule has 60 heavy (non-hydrogen) atoms. The van der Waals surface area contributed by atoms with Gasteiger partial charge in [0.15, 0.2) is 25.2 Å². The Hall–Kier alpha value is -1.41. The number of carboxylic acid groups (broad SMARTS) is 1. The van der Waals surface area contributed by atoms with Crippen LogP contribution in [-0.4, -0.2) is 242 Å². The quantitative estimate of drug-likeness (QED) is 0.0569. The van der Waals surface area contributed by atoms with Crippen molar-refractivity contribution in [2.75, 3.05) is 26.4 Å². The van der Waals surface area contributed by atoms with Crippen molar-refractivity contribution in [2.24, 2.45) is 0 Å². The first-order chi connectivity index (χ1) is 28.4. The second-order valence-corrected chi connectivity index (χ2v) is 15.0. The molecular formula is C36H68O24. The van der Waals surface area contributed by atoms with Gasteiger partial charge in [0.25, 0.3) is 0 Å². The maximum atomic E-state index is 10.2. The highest BCUT2D eigenvalue weighted by molar-refractivity contribution is 5.66. The zero-order chi connectivity index (χ0) is 45.3. The molecule has 0 aromatic heterocycles. The summed E-state index contributed by atoms with van der Waals surface area (Å²) >= 11 is 0. The number of ether oxygens (including phenoxy) is 6. The van der Waals surface area contributed by atoms with Crippen molar-refractivity contribution in [1.29, 1.82) is 0 Å². The number of unbranched alkanes of at least 4 members (excludes halogenated alkanes) is 8. The molecule has 4 saturated heterocycles. The van der Waals surface area contributed by atoms with E-state index >= 15 is 0 Å². The molecule has 24 nitrogen and oxygen atoms in total. The Balaban J connectivity index is 0.000000321. The van der Waals surface area contributed by atoms with Crippen LogP contribution < -0.4 is 0 Å². The standard InChI is InChI=1S/2C12H22O11.C12H24O2/c13-1-3-5(15)6(16)9(19)12(22-3)23-10-4(2-14)21-11(20)8(18)7(10)17;13-1-3-5(15)7(17)9(19)11(21-3)23-12-10(20)8(18)6(16)4(2-14)22-12;1-2-3-4-5-6-7-8-9-10-11-12(13)14/h2*3-20H,1-2H2;2-11H2,1H3,(H,13,14)/t3-,4-,5+,6+,7-,8-,9-,10-,11-,12+;3-,4-,5-,6-,7+,8+,9-,10-,11-,12-;/m11./s1. The number of aliphatic hydroxyl groups excluding tert-OH is 16. The predicted molar refractivity (Wildman–Crippen MR) is 197 cm³/mol. The summed E-state index contributed by atoms with van der Waals surface area (Å²) in [6.45, 7) is -0.451. The molecule has 0 bridgehead atoms. The van der Waals surface area contributed by atoms with Gasteiger partial charge >= 0.3 is 5.97 Å². The van der Waals surface area contributed by atoms with Gasteiger partial charge in [-0.2, -0.15) is 0 Å². The molecular weight excluding hydrogens is 816 g/mol. The topological polar surface area (TPSA) is 416 Å². The summed E-state index contributed by atoms with van der Waals surface area (Å²) in [5, 5.41) is 161. The second-order valence-electron chi connectivity index (χ2n) is 15.0. The largest absolute Gasteiger partial charge is 0.481 e. The van der Waals surface area contributed by atoms with Crippen molar-refractivity contribution in [3.8, 4) is 0 Å². The summed E-state index contributed by atoms with van der Waals surface area (Å²) in [7, 11) is 0. The zero-order valence-electron chi connectivity index (χ0n) is 33.4. The summed E-state index contributed by atoms with van der Waals surface area (Å²) in [5.74, 6) is -0.659. The summed E-state index contributed by atoms with van der Waals surface area (Å²) in [5.41, 5.74) is 0. The van der Waals surface area contributed by atoms with E-state index in [2.05, 4.69) is 6.92 Å². The van der Waals surface area contributed by atoms with E-state index in [0.717, 1.165) is 12.8 Å². The fourth-order valence-corrected chi connectivity index (χ4v) is 6.65. The molecule has 0 aromatic carbocycles. The fraction of sp³-hybridized carbons (Fsp3) is 0.972. The average molecular weight is 885 g/mol. The van der Waals surface area contributed by atoms with Crippen molar-refractivity contribution < 1.29 is 120 Å². The van der Waals surface area contributed by atoms with Crippen molar-refractivity contribution in [2.45, 2.75) is 194 Å². The number of aliphatic carboxylic acids is 1. The Labute approximate surface area is 346 Å². The molecule has 4 rings (SSSR count). The van der Waals surface area contributed by atoms with Crippen LogP contribution in [0.5, 0.6) is 0 Å². The van der Waals surface area contributed by atoms with E-state index in [1.54, 1.807) is 0 Å². The van der Waals surface area contributed by atoms with Crippen LogP contribution in [0.3, 0.4) is 0 Å². The molecule has 4 aliphatic heterocycles. The van der Waals surface area contributed by atoms with Gasteiger partial charge in [-0.1, -0.05) is 58.3 Å². The molecule has 0 aliphatic carbocycles. The first-order valence-corrected chi connectivity index (χ1v) is 20.1. The third-order valence-corrected chi connectivity index (χ3v) is 10.4. The van der Waals surface area contributed by atoms with E-state index in [1.807, 2.05) is 0 Å². The van der Waals surface area contributed by atoms with Crippen LogP contribution in [0.15, 0.2) is 0 Å². The number of hydrogen-bond donors (Lipinski definition) is 17. The van der Waals surface area contributed by atoms with E-state index in [-0.39, 0.29) is 0 Å². The van der Waals surface area contributed by atoms with Crippen LogP contribution in [0.25, 0.3) is 0 Å². The summed E-state index contributed by atoms with van der Waals surface area (Å²) < 4.78 is 30.6.